The molecule has 1 fully saturated rings. The number of benzene rings is 1. The molecule has 224 valence electrons. The molecule has 2 N–H and O–H groups in total. The number of amides is 4. The van der Waals surface area contributed by atoms with Crippen molar-refractivity contribution in [2.45, 2.75) is 97.6 Å². The molecule has 0 bridgehead atoms. The van der Waals surface area contributed by atoms with Crippen molar-refractivity contribution in [1.29, 1.82) is 0 Å². The summed E-state index contributed by atoms with van der Waals surface area (Å²) in [6.07, 6.45) is -0.508. The Kier molecular flexibility index (Phi) is 11.9. The molecule has 2 rings (SSSR count). The molecule has 0 saturated carbocycles. The lowest BCUT2D eigenvalue weighted by atomic mass is 10.1. The number of carbonyl (C=O) groups is 4. The van der Waals surface area contributed by atoms with E-state index in [1.165, 1.54) is 0 Å². The third-order valence-corrected chi connectivity index (χ3v) is 6.27. The molecule has 0 aromatic heterocycles. The molecule has 4 amide bonds. The van der Waals surface area contributed by atoms with Crippen molar-refractivity contribution in [3.63, 3.8) is 0 Å². The number of ether oxygens (including phenoxy) is 4. The molecular weight excluding hydrogens is 518 g/mol. The fourth-order valence-electron chi connectivity index (χ4n) is 4.40. The highest BCUT2D eigenvalue weighted by atomic mass is 16.6. The maximum absolute atomic E-state index is 14.0. The van der Waals surface area contributed by atoms with Crippen molar-refractivity contribution in [3.8, 4) is 0 Å². The van der Waals surface area contributed by atoms with E-state index >= 15 is 0 Å². The van der Waals surface area contributed by atoms with E-state index in [1.54, 1.807) is 41.5 Å². The Morgan fingerprint density at radius 1 is 0.950 bits per heavy atom. The zero-order chi connectivity index (χ0) is 30.0. The molecule has 1 aromatic carbocycles. The Morgan fingerprint density at radius 3 is 2.17 bits per heavy atom. The van der Waals surface area contributed by atoms with Gasteiger partial charge in [0, 0.05) is 32.4 Å². The number of alkyl carbamates (subject to hydrolysis) is 2. The van der Waals surface area contributed by atoms with Crippen LogP contribution in [-0.2, 0) is 30.3 Å². The second-order valence-electron chi connectivity index (χ2n) is 12.0. The highest BCUT2D eigenvalue weighted by molar-refractivity contribution is 5.88. The van der Waals surface area contributed by atoms with Crippen LogP contribution in [0.25, 0.3) is 0 Å². The number of rotatable bonds is 10. The van der Waals surface area contributed by atoms with Crippen LogP contribution in [0.2, 0.25) is 0 Å². The summed E-state index contributed by atoms with van der Waals surface area (Å²) in [7, 11) is 0. The molecule has 11 heteroatoms. The Bertz CT molecular complexity index is 1000. The Hall–Kier alpha value is -3.18. The highest BCUT2D eigenvalue weighted by Gasteiger charge is 2.57. The molecule has 0 radical (unpaired) electrons. The van der Waals surface area contributed by atoms with Gasteiger partial charge in [0.25, 0.3) is 0 Å². The minimum Gasteiger partial charge on any atom is -0.445 e. The van der Waals surface area contributed by atoms with Crippen molar-refractivity contribution >= 4 is 24.2 Å². The molecular formula is C29H46N3O8+. The molecule has 3 atom stereocenters. The topological polar surface area (TPSA) is 129 Å². The number of imide groups is 1. The summed E-state index contributed by atoms with van der Waals surface area (Å²) in [5.41, 5.74) is -0.675. The number of likely N-dealkylation sites (tertiary alicyclic amines) is 1. The quantitative estimate of drug-likeness (QED) is 0.238. The predicted octanol–water partition coefficient (Wildman–Crippen LogP) is 4.67. The van der Waals surface area contributed by atoms with E-state index in [2.05, 4.69) is 10.6 Å². The number of carbonyl (C=O) groups excluding carboxylic acids is 4. The van der Waals surface area contributed by atoms with E-state index < -0.39 is 45.9 Å². The van der Waals surface area contributed by atoms with E-state index in [9.17, 15) is 19.2 Å². The molecule has 40 heavy (non-hydrogen) atoms. The number of hydrogen-bond acceptors (Lipinski definition) is 8. The predicted molar refractivity (Wildman–Crippen MR) is 148 cm³/mol. The van der Waals surface area contributed by atoms with E-state index in [-0.39, 0.29) is 45.4 Å². The smallest absolute Gasteiger partial charge is 0.445 e. The third-order valence-electron chi connectivity index (χ3n) is 6.27. The zero-order valence-electron chi connectivity index (χ0n) is 24.9. The van der Waals surface area contributed by atoms with E-state index in [4.69, 9.17) is 18.9 Å². The van der Waals surface area contributed by atoms with Crippen LogP contribution < -0.4 is 10.6 Å². The Labute approximate surface area is 237 Å². The monoisotopic (exact) mass is 564 g/mol. The number of hydrogen-bond donors (Lipinski definition) is 2. The van der Waals surface area contributed by atoms with Gasteiger partial charge in [0.15, 0.2) is 6.04 Å². The van der Waals surface area contributed by atoms with Gasteiger partial charge in [-0.25, -0.2) is 14.4 Å². The summed E-state index contributed by atoms with van der Waals surface area (Å²) < 4.78 is 21.3. The molecule has 1 aliphatic heterocycles. The normalized spacial score (nSPS) is 19.8. The van der Waals surface area contributed by atoms with Gasteiger partial charge in [0.1, 0.15) is 23.9 Å². The number of nitrogens with one attached hydrogen (secondary N) is 2. The molecule has 1 saturated heterocycles. The lowest BCUT2D eigenvalue weighted by Gasteiger charge is -2.36. The van der Waals surface area contributed by atoms with Gasteiger partial charge in [-0.2, -0.15) is 9.28 Å². The Balaban J connectivity index is 1.99. The number of quaternary nitrogens is 1. The first-order valence-corrected chi connectivity index (χ1v) is 13.8. The Morgan fingerprint density at radius 2 is 1.60 bits per heavy atom. The minimum atomic E-state index is -1.05. The summed E-state index contributed by atoms with van der Waals surface area (Å²) in [6.45, 7) is 13.2. The standard InChI is InChI=1S/C29H45N3O8/c1-21-12-11-17-32(21,27(36)40-29(5,6)7)24(33)23(31-26(35)39-28(2,3)4)15-18-37-19-16-30-25(34)38-20-22-13-9-8-10-14-22/h8-10,13-14,21,23H,11-12,15-20H2,1-7H3,(H-,30,31,34,35)/p+1/t21-,23?,32?/m1/s1. The van der Waals surface area contributed by atoms with Crippen molar-refractivity contribution < 1.29 is 42.6 Å². The SMILES string of the molecule is C[C@@H]1CCC[N+]1(C(=O)OC(C)(C)C)C(=O)C(CCOCCNC(=O)OCc1ccccc1)NC(=O)OC(C)(C)C. The van der Waals surface area contributed by atoms with Crippen molar-refractivity contribution in [2.75, 3.05) is 26.3 Å². The summed E-state index contributed by atoms with van der Waals surface area (Å²) in [4.78, 5) is 51.9. The van der Waals surface area contributed by atoms with E-state index in [0.717, 1.165) is 5.56 Å². The lowest BCUT2D eigenvalue weighted by Crippen LogP contribution is -2.65. The van der Waals surface area contributed by atoms with Gasteiger partial charge < -0.3 is 29.6 Å². The molecule has 1 aromatic rings. The molecule has 0 aliphatic carbocycles. The van der Waals surface area contributed by atoms with Gasteiger partial charge in [-0.15, -0.1) is 0 Å². The summed E-state index contributed by atoms with van der Waals surface area (Å²) in [5, 5.41) is 5.26. The molecule has 1 heterocycles. The average molecular weight is 565 g/mol. The van der Waals surface area contributed by atoms with Gasteiger partial charge in [0.2, 0.25) is 0 Å². The van der Waals surface area contributed by atoms with Gasteiger partial charge in [-0.1, -0.05) is 30.3 Å². The highest BCUT2D eigenvalue weighted by Crippen LogP contribution is 2.32. The van der Waals surface area contributed by atoms with Gasteiger partial charge in [-0.3, -0.25) is 0 Å². The maximum Gasteiger partial charge on any atom is 0.524 e. The largest absolute Gasteiger partial charge is 0.524 e. The van der Waals surface area contributed by atoms with Gasteiger partial charge in [0.05, 0.1) is 13.2 Å². The fourth-order valence-corrected chi connectivity index (χ4v) is 4.40. The zero-order valence-corrected chi connectivity index (χ0v) is 24.9. The first-order chi connectivity index (χ1) is 18.6. The summed E-state index contributed by atoms with van der Waals surface area (Å²) in [6, 6.07) is 7.97. The van der Waals surface area contributed by atoms with E-state index in [0.29, 0.717) is 12.8 Å². The van der Waals surface area contributed by atoms with Crippen molar-refractivity contribution in [2.24, 2.45) is 0 Å². The first kappa shape index (κ1) is 33.0. The first-order valence-electron chi connectivity index (χ1n) is 13.8. The third kappa shape index (κ3) is 10.4. The lowest BCUT2D eigenvalue weighted by molar-refractivity contribution is -0.794. The van der Waals surface area contributed by atoms with Crippen LogP contribution >= 0.6 is 0 Å². The van der Waals surface area contributed by atoms with Crippen LogP contribution in [0, 0.1) is 0 Å². The number of nitrogens with zero attached hydrogens (tertiary/aromatic N) is 1. The van der Waals surface area contributed by atoms with Crippen LogP contribution in [0.3, 0.4) is 0 Å². The van der Waals surface area contributed by atoms with Crippen LogP contribution in [0.4, 0.5) is 14.4 Å². The van der Waals surface area contributed by atoms with Crippen LogP contribution in [0.1, 0.15) is 73.3 Å². The van der Waals surface area contributed by atoms with Crippen molar-refractivity contribution in [1.82, 2.24) is 10.6 Å². The van der Waals surface area contributed by atoms with Crippen LogP contribution in [-0.4, -0.2) is 78.3 Å². The molecule has 11 nitrogen and oxygen atoms in total. The second kappa shape index (κ2) is 14.5. The van der Waals surface area contributed by atoms with Gasteiger partial charge in [-0.05, 0) is 54.0 Å². The summed E-state index contributed by atoms with van der Waals surface area (Å²) >= 11 is 0. The van der Waals surface area contributed by atoms with Crippen molar-refractivity contribution in [3.05, 3.63) is 35.9 Å². The molecule has 2 unspecified atom stereocenters. The maximum atomic E-state index is 14.0. The summed E-state index contributed by atoms with van der Waals surface area (Å²) in [5.74, 6) is -0.462. The minimum absolute atomic E-state index is 0.0929. The molecule has 0 spiro atoms. The molecule has 1 aliphatic rings. The van der Waals surface area contributed by atoms with Crippen LogP contribution in [0.5, 0.6) is 0 Å². The average Bonchev–Trinajstić information content (AvgIpc) is 3.24. The van der Waals surface area contributed by atoms with E-state index in [1.807, 2.05) is 37.3 Å². The second-order valence-corrected chi connectivity index (χ2v) is 12.0. The fraction of sp³-hybridized carbons (Fsp3) is 0.655. The van der Waals surface area contributed by atoms with Gasteiger partial charge >= 0.3 is 24.2 Å². The van der Waals surface area contributed by atoms with Crippen LogP contribution in [0.15, 0.2) is 30.3 Å².